The molecule has 0 atom stereocenters. The van der Waals surface area contributed by atoms with Gasteiger partial charge in [0.05, 0.1) is 6.20 Å². The van der Waals surface area contributed by atoms with Crippen LogP contribution in [0.3, 0.4) is 0 Å². The number of benzene rings is 1. The van der Waals surface area contributed by atoms with Crippen LogP contribution in [0.5, 0.6) is 0 Å². The first-order valence-corrected chi connectivity index (χ1v) is 7.65. The first-order valence-electron chi connectivity index (χ1n) is 7.27. The monoisotopic (exact) mass is 316 g/mol. The van der Waals surface area contributed by atoms with Crippen LogP contribution in [0.15, 0.2) is 36.5 Å². The van der Waals surface area contributed by atoms with Gasteiger partial charge in [-0.2, -0.15) is 9.61 Å². The summed E-state index contributed by atoms with van der Waals surface area (Å²) in [7, 11) is 0. The molecule has 1 aliphatic carbocycles. The third kappa shape index (κ3) is 2.31. The van der Waals surface area contributed by atoms with E-state index in [4.69, 9.17) is 11.6 Å². The molecule has 0 bridgehead atoms. The Labute approximate surface area is 131 Å². The Balaban J connectivity index is 1.78. The molecule has 0 spiro atoms. The molecular weight excluding hydrogens is 303 g/mol. The molecule has 0 radical (unpaired) electrons. The van der Waals surface area contributed by atoms with Crippen molar-refractivity contribution in [2.75, 3.05) is 5.32 Å². The molecule has 1 N–H and O–H groups in total. The molecule has 4 rings (SSSR count). The van der Waals surface area contributed by atoms with Crippen LogP contribution in [0.4, 0.5) is 15.9 Å². The molecule has 1 aliphatic rings. The number of anilines is 2. The molecule has 1 aromatic carbocycles. The van der Waals surface area contributed by atoms with E-state index < -0.39 is 0 Å². The Bertz CT molecular complexity index is 841. The van der Waals surface area contributed by atoms with Gasteiger partial charge in [-0.15, -0.1) is 0 Å². The van der Waals surface area contributed by atoms with Gasteiger partial charge in [-0.3, -0.25) is 0 Å². The molecule has 0 aliphatic heterocycles. The van der Waals surface area contributed by atoms with E-state index in [9.17, 15) is 4.39 Å². The van der Waals surface area contributed by atoms with Crippen LogP contribution < -0.4 is 5.32 Å². The summed E-state index contributed by atoms with van der Waals surface area (Å²) in [6.45, 7) is 0. The van der Waals surface area contributed by atoms with Gasteiger partial charge >= 0.3 is 0 Å². The zero-order chi connectivity index (χ0) is 15.1. The lowest BCUT2D eigenvalue weighted by Gasteiger charge is -2.24. The Kier molecular flexibility index (Phi) is 3.22. The Hall–Kier alpha value is -2.14. The predicted molar refractivity (Wildman–Crippen MR) is 84.3 cm³/mol. The SMILES string of the molecule is Fc1cccc(Nc2cc(Cl)nc3c(C4CCC4)cnn23)c1. The second-order valence-electron chi connectivity index (χ2n) is 5.56. The highest BCUT2D eigenvalue weighted by molar-refractivity contribution is 6.29. The molecular formula is C16H14ClFN4. The van der Waals surface area contributed by atoms with Gasteiger partial charge in [0.25, 0.3) is 0 Å². The van der Waals surface area contributed by atoms with Crippen LogP contribution in [0.1, 0.15) is 30.7 Å². The number of nitrogens with zero attached hydrogens (tertiary/aromatic N) is 3. The topological polar surface area (TPSA) is 42.2 Å². The highest BCUT2D eigenvalue weighted by Gasteiger charge is 2.24. The summed E-state index contributed by atoms with van der Waals surface area (Å²) in [5, 5.41) is 7.97. The van der Waals surface area contributed by atoms with Crippen LogP contribution in [0, 0.1) is 5.82 Å². The molecule has 0 amide bonds. The molecule has 1 saturated carbocycles. The minimum absolute atomic E-state index is 0.294. The normalized spacial score (nSPS) is 15.0. The van der Waals surface area contributed by atoms with Crippen LogP contribution in [0.25, 0.3) is 5.65 Å². The molecule has 3 aromatic rings. The van der Waals surface area contributed by atoms with Gasteiger partial charge in [-0.25, -0.2) is 9.37 Å². The molecule has 2 heterocycles. The van der Waals surface area contributed by atoms with Crippen LogP contribution in [-0.4, -0.2) is 14.6 Å². The van der Waals surface area contributed by atoms with Crippen LogP contribution >= 0.6 is 11.6 Å². The second kappa shape index (κ2) is 5.25. The van der Waals surface area contributed by atoms with Crippen molar-refractivity contribution in [2.24, 2.45) is 0 Å². The lowest BCUT2D eigenvalue weighted by atomic mass is 9.81. The van der Waals surface area contributed by atoms with Crippen LogP contribution in [0.2, 0.25) is 5.15 Å². The van der Waals surface area contributed by atoms with E-state index in [1.54, 1.807) is 22.7 Å². The number of hydrogen-bond acceptors (Lipinski definition) is 3. The van der Waals surface area contributed by atoms with E-state index in [0.29, 0.717) is 22.6 Å². The van der Waals surface area contributed by atoms with Gasteiger partial charge in [0, 0.05) is 17.3 Å². The van der Waals surface area contributed by atoms with Gasteiger partial charge in [0.15, 0.2) is 5.65 Å². The van der Waals surface area contributed by atoms with E-state index in [1.807, 2.05) is 6.20 Å². The molecule has 6 heteroatoms. The van der Waals surface area contributed by atoms with E-state index in [0.717, 1.165) is 11.2 Å². The summed E-state index contributed by atoms with van der Waals surface area (Å²) >= 11 is 6.15. The largest absolute Gasteiger partial charge is 0.340 e. The maximum absolute atomic E-state index is 13.3. The molecule has 112 valence electrons. The van der Waals surface area contributed by atoms with Gasteiger partial charge in [0.1, 0.15) is 16.8 Å². The van der Waals surface area contributed by atoms with Gasteiger partial charge in [-0.05, 0) is 37.0 Å². The third-order valence-corrected chi connectivity index (χ3v) is 4.30. The number of halogens is 2. The fourth-order valence-electron chi connectivity index (χ4n) is 2.76. The van der Waals surface area contributed by atoms with E-state index in [1.165, 1.54) is 31.4 Å². The molecule has 2 aromatic heterocycles. The van der Waals surface area contributed by atoms with Crippen molar-refractivity contribution < 1.29 is 4.39 Å². The van der Waals surface area contributed by atoms with Crippen molar-refractivity contribution in [2.45, 2.75) is 25.2 Å². The summed E-state index contributed by atoms with van der Waals surface area (Å²) in [5.41, 5.74) is 2.55. The first-order chi connectivity index (χ1) is 10.7. The Morgan fingerprint density at radius 1 is 1.27 bits per heavy atom. The number of fused-ring (bicyclic) bond motifs is 1. The summed E-state index contributed by atoms with van der Waals surface area (Å²) in [4.78, 5) is 4.41. The predicted octanol–water partition coefficient (Wildman–Crippen LogP) is 4.53. The van der Waals surface area contributed by atoms with Crippen molar-refractivity contribution in [1.29, 1.82) is 0 Å². The number of nitrogens with one attached hydrogen (secondary N) is 1. The van der Waals surface area contributed by atoms with Crippen molar-refractivity contribution in [3.63, 3.8) is 0 Å². The summed E-state index contributed by atoms with van der Waals surface area (Å²) < 4.78 is 15.1. The lowest BCUT2D eigenvalue weighted by molar-refractivity contribution is 0.421. The average molecular weight is 317 g/mol. The highest BCUT2D eigenvalue weighted by Crippen LogP contribution is 2.38. The van der Waals surface area contributed by atoms with E-state index in [2.05, 4.69) is 15.4 Å². The molecule has 0 saturated heterocycles. The minimum Gasteiger partial charge on any atom is -0.340 e. The van der Waals surface area contributed by atoms with Gasteiger partial charge in [0.2, 0.25) is 0 Å². The zero-order valence-corrected chi connectivity index (χ0v) is 12.5. The van der Waals surface area contributed by atoms with Crippen molar-refractivity contribution >= 4 is 28.8 Å². The fourth-order valence-corrected chi connectivity index (χ4v) is 2.94. The average Bonchev–Trinajstić information content (AvgIpc) is 2.81. The summed E-state index contributed by atoms with van der Waals surface area (Å²) in [5.74, 6) is 0.897. The first kappa shape index (κ1) is 13.5. The fraction of sp³-hybridized carbons (Fsp3) is 0.250. The number of rotatable bonds is 3. The molecule has 22 heavy (non-hydrogen) atoms. The maximum atomic E-state index is 13.3. The summed E-state index contributed by atoms with van der Waals surface area (Å²) in [6.07, 6.45) is 5.45. The van der Waals surface area contributed by atoms with Crippen LogP contribution in [-0.2, 0) is 0 Å². The number of hydrogen-bond donors (Lipinski definition) is 1. The summed E-state index contributed by atoms with van der Waals surface area (Å²) in [6, 6.07) is 7.97. The lowest BCUT2D eigenvalue weighted by Crippen LogP contribution is -2.09. The zero-order valence-electron chi connectivity index (χ0n) is 11.8. The third-order valence-electron chi connectivity index (χ3n) is 4.11. The Morgan fingerprint density at radius 3 is 2.86 bits per heavy atom. The molecule has 0 unspecified atom stereocenters. The maximum Gasteiger partial charge on any atom is 0.162 e. The van der Waals surface area contributed by atoms with Crippen molar-refractivity contribution in [3.05, 3.63) is 53.1 Å². The minimum atomic E-state index is -0.294. The van der Waals surface area contributed by atoms with Gasteiger partial charge in [-0.1, -0.05) is 24.1 Å². The van der Waals surface area contributed by atoms with Gasteiger partial charge < -0.3 is 5.32 Å². The second-order valence-corrected chi connectivity index (χ2v) is 5.95. The van der Waals surface area contributed by atoms with E-state index in [-0.39, 0.29) is 5.82 Å². The van der Waals surface area contributed by atoms with Crippen molar-refractivity contribution in [3.8, 4) is 0 Å². The van der Waals surface area contributed by atoms with E-state index >= 15 is 0 Å². The quantitative estimate of drug-likeness (QED) is 0.722. The smallest absolute Gasteiger partial charge is 0.162 e. The Morgan fingerprint density at radius 2 is 2.14 bits per heavy atom. The molecule has 4 nitrogen and oxygen atoms in total. The number of aromatic nitrogens is 3. The highest BCUT2D eigenvalue weighted by atomic mass is 35.5. The molecule has 1 fully saturated rings. The standard InChI is InChI=1S/C16H14ClFN4/c17-14-8-15(20-12-6-2-5-11(18)7-12)22-16(21-14)13(9-19-22)10-3-1-4-10/h2,5-10,20H,1,3-4H2. The van der Waals surface area contributed by atoms with Crippen molar-refractivity contribution in [1.82, 2.24) is 14.6 Å².